The number of nitrogens with one attached hydrogen (secondary N) is 2. The molecule has 1 heterocycles. The number of carbonyl (C=O) groups excluding carboxylic acids is 1. The molecule has 1 aromatic heterocycles. The molecule has 0 aliphatic heterocycles. The Morgan fingerprint density at radius 2 is 2.32 bits per heavy atom. The van der Waals surface area contributed by atoms with Crippen LogP contribution in [0.15, 0.2) is 12.1 Å². The second-order valence-corrected chi connectivity index (χ2v) is 4.86. The molecule has 0 spiro atoms. The van der Waals surface area contributed by atoms with Crippen molar-refractivity contribution in [2.24, 2.45) is 0 Å². The maximum absolute atomic E-state index is 13.5. The summed E-state index contributed by atoms with van der Waals surface area (Å²) in [7, 11) is 0. The number of aromatic nitrogens is 2. The molecule has 2 rings (SSSR count). The Morgan fingerprint density at radius 1 is 1.58 bits per heavy atom. The maximum Gasteiger partial charge on any atom is 0.221 e. The Balaban J connectivity index is 2.32. The minimum atomic E-state index is -0.505. The fourth-order valence-electron chi connectivity index (χ4n) is 1.87. The molecule has 0 bridgehead atoms. The lowest BCUT2D eigenvalue weighted by Crippen LogP contribution is -2.23. The maximum atomic E-state index is 13.5. The number of carbonyl (C=O) groups is 1. The van der Waals surface area contributed by atoms with E-state index in [1.165, 1.54) is 12.1 Å². The standard InChI is InChI=1S/C12H13ClFN3OS/c1-2-15-11(18)3-4-17-10-6-8(14)7(13)5-9(10)16-12(17)19/h5-6H,2-4H2,1H3,(H,15,18)(H,16,19). The largest absolute Gasteiger partial charge is 0.356 e. The van der Waals surface area contributed by atoms with Crippen molar-refractivity contribution in [2.45, 2.75) is 19.9 Å². The molecule has 0 aliphatic rings. The zero-order valence-electron chi connectivity index (χ0n) is 10.3. The van der Waals surface area contributed by atoms with Crippen LogP contribution in [-0.4, -0.2) is 22.0 Å². The van der Waals surface area contributed by atoms with Gasteiger partial charge in [0.25, 0.3) is 0 Å². The number of hydrogen-bond acceptors (Lipinski definition) is 2. The lowest BCUT2D eigenvalue weighted by atomic mass is 10.3. The van der Waals surface area contributed by atoms with E-state index < -0.39 is 5.82 Å². The lowest BCUT2D eigenvalue weighted by molar-refractivity contribution is -0.121. The summed E-state index contributed by atoms with van der Waals surface area (Å²) in [4.78, 5) is 14.4. The van der Waals surface area contributed by atoms with Crippen LogP contribution in [0.5, 0.6) is 0 Å². The van der Waals surface area contributed by atoms with Gasteiger partial charge in [-0.1, -0.05) is 11.6 Å². The van der Waals surface area contributed by atoms with Crippen LogP contribution in [0, 0.1) is 10.6 Å². The summed E-state index contributed by atoms with van der Waals surface area (Å²) in [5, 5.41) is 2.75. The zero-order chi connectivity index (χ0) is 14.0. The van der Waals surface area contributed by atoms with Crippen LogP contribution < -0.4 is 5.32 Å². The van der Waals surface area contributed by atoms with Gasteiger partial charge in [-0.2, -0.15) is 0 Å². The summed E-state index contributed by atoms with van der Waals surface area (Å²) >= 11 is 10.9. The van der Waals surface area contributed by atoms with Gasteiger partial charge < -0.3 is 14.9 Å². The average Bonchev–Trinajstić information content (AvgIpc) is 2.63. The normalized spacial score (nSPS) is 10.9. The van der Waals surface area contributed by atoms with E-state index in [4.69, 9.17) is 23.8 Å². The van der Waals surface area contributed by atoms with E-state index in [1.54, 1.807) is 4.57 Å². The highest BCUT2D eigenvalue weighted by molar-refractivity contribution is 7.71. The third-order valence-electron chi connectivity index (χ3n) is 2.75. The fourth-order valence-corrected chi connectivity index (χ4v) is 2.34. The van der Waals surface area contributed by atoms with Gasteiger partial charge in [0.1, 0.15) is 5.82 Å². The molecular weight excluding hydrogens is 289 g/mol. The molecule has 0 atom stereocenters. The summed E-state index contributed by atoms with van der Waals surface area (Å²) in [5.74, 6) is -0.567. The molecule has 1 aromatic carbocycles. The van der Waals surface area contributed by atoms with Crippen molar-refractivity contribution < 1.29 is 9.18 Å². The van der Waals surface area contributed by atoms with E-state index >= 15 is 0 Å². The van der Waals surface area contributed by atoms with Crippen molar-refractivity contribution in [3.05, 3.63) is 27.7 Å². The van der Waals surface area contributed by atoms with Crippen molar-refractivity contribution in [3.63, 3.8) is 0 Å². The molecule has 0 unspecified atom stereocenters. The van der Waals surface area contributed by atoms with Crippen LogP contribution in [0.1, 0.15) is 13.3 Å². The van der Waals surface area contributed by atoms with E-state index in [-0.39, 0.29) is 10.9 Å². The highest BCUT2D eigenvalue weighted by atomic mass is 35.5. The molecule has 19 heavy (non-hydrogen) atoms. The number of nitrogens with zero attached hydrogens (tertiary/aromatic N) is 1. The van der Waals surface area contributed by atoms with E-state index in [1.807, 2.05) is 6.92 Å². The van der Waals surface area contributed by atoms with Crippen LogP contribution in [0.4, 0.5) is 4.39 Å². The second kappa shape index (κ2) is 5.71. The van der Waals surface area contributed by atoms with Crippen LogP contribution in [0.3, 0.4) is 0 Å². The van der Waals surface area contributed by atoms with Crippen molar-refractivity contribution >= 4 is 40.8 Å². The third kappa shape index (κ3) is 2.96. The Hall–Kier alpha value is -1.40. The number of imidazole rings is 1. The van der Waals surface area contributed by atoms with Crippen molar-refractivity contribution in [3.8, 4) is 0 Å². The van der Waals surface area contributed by atoms with Crippen LogP contribution in [0.2, 0.25) is 5.02 Å². The van der Waals surface area contributed by atoms with Gasteiger partial charge in [-0.3, -0.25) is 4.79 Å². The fraction of sp³-hybridized carbons (Fsp3) is 0.333. The zero-order valence-corrected chi connectivity index (χ0v) is 11.9. The molecular formula is C12H13ClFN3OS. The van der Waals surface area contributed by atoms with E-state index in [9.17, 15) is 9.18 Å². The number of hydrogen-bond donors (Lipinski definition) is 2. The predicted octanol–water partition coefficient (Wildman–Crippen LogP) is 3.02. The number of fused-ring (bicyclic) bond motifs is 1. The number of H-pyrrole nitrogens is 1. The van der Waals surface area contributed by atoms with Gasteiger partial charge in [-0.25, -0.2) is 4.39 Å². The third-order valence-corrected chi connectivity index (χ3v) is 3.36. The number of benzene rings is 1. The van der Waals surface area contributed by atoms with Gasteiger partial charge in [-0.05, 0) is 25.2 Å². The Morgan fingerprint density at radius 3 is 3.00 bits per heavy atom. The first kappa shape index (κ1) is 14.0. The number of aryl methyl sites for hydroxylation is 1. The quantitative estimate of drug-likeness (QED) is 0.853. The molecule has 0 saturated heterocycles. The first-order chi connectivity index (χ1) is 9.02. The monoisotopic (exact) mass is 301 g/mol. The summed E-state index contributed by atoms with van der Waals surface area (Å²) in [6.45, 7) is 2.83. The molecule has 102 valence electrons. The summed E-state index contributed by atoms with van der Waals surface area (Å²) < 4.78 is 15.6. The van der Waals surface area contributed by atoms with Crippen molar-refractivity contribution in [1.82, 2.24) is 14.9 Å². The molecule has 0 fully saturated rings. The molecule has 0 saturated carbocycles. The Labute approximate surface area is 119 Å². The second-order valence-electron chi connectivity index (χ2n) is 4.07. The summed E-state index contributed by atoms with van der Waals surface area (Å²) in [5.41, 5.74) is 1.27. The first-order valence-electron chi connectivity index (χ1n) is 5.87. The van der Waals surface area contributed by atoms with Gasteiger partial charge in [0.05, 0.1) is 16.1 Å². The van der Waals surface area contributed by atoms with Gasteiger partial charge in [0, 0.05) is 25.6 Å². The molecule has 0 aliphatic carbocycles. The SMILES string of the molecule is CCNC(=O)CCn1c(=S)[nH]c2cc(Cl)c(F)cc21. The van der Waals surface area contributed by atoms with Crippen LogP contribution in [-0.2, 0) is 11.3 Å². The molecule has 2 N–H and O–H groups in total. The van der Waals surface area contributed by atoms with Gasteiger partial charge >= 0.3 is 0 Å². The highest BCUT2D eigenvalue weighted by Gasteiger charge is 2.10. The molecule has 0 radical (unpaired) electrons. The first-order valence-corrected chi connectivity index (χ1v) is 6.65. The minimum absolute atomic E-state index is 0.0413. The van der Waals surface area contributed by atoms with Gasteiger partial charge in [0.2, 0.25) is 5.91 Å². The van der Waals surface area contributed by atoms with E-state index in [0.29, 0.717) is 35.3 Å². The predicted molar refractivity (Wildman–Crippen MR) is 75.4 cm³/mol. The summed E-state index contributed by atoms with van der Waals surface area (Å²) in [6, 6.07) is 2.81. The Bertz CT molecular complexity index is 679. The van der Waals surface area contributed by atoms with Gasteiger partial charge in [0.15, 0.2) is 4.77 Å². The minimum Gasteiger partial charge on any atom is -0.356 e. The van der Waals surface area contributed by atoms with Gasteiger partial charge in [-0.15, -0.1) is 0 Å². The van der Waals surface area contributed by atoms with Crippen molar-refractivity contribution in [1.29, 1.82) is 0 Å². The smallest absolute Gasteiger partial charge is 0.221 e. The molecule has 4 nitrogen and oxygen atoms in total. The number of aromatic amines is 1. The highest BCUT2D eigenvalue weighted by Crippen LogP contribution is 2.22. The van der Waals surface area contributed by atoms with E-state index in [2.05, 4.69) is 10.3 Å². The van der Waals surface area contributed by atoms with E-state index in [0.717, 1.165) is 0 Å². The molecule has 7 heteroatoms. The van der Waals surface area contributed by atoms with Crippen molar-refractivity contribution in [2.75, 3.05) is 6.54 Å². The lowest BCUT2D eigenvalue weighted by Gasteiger charge is -2.05. The average molecular weight is 302 g/mol. The molecule has 1 amide bonds. The summed E-state index contributed by atoms with van der Waals surface area (Å²) in [6.07, 6.45) is 0.291. The topological polar surface area (TPSA) is 49.8 Å². The van der Waals surface area contributed by atoms with Crippen LogP contribution >= 0.6 is 23.8 Å². The Kier molecular flexibility index (Phi) is 4.21. The number of halogens is 2. The van der Waals surface area contributed by atoms with Crippen LogP contribution in [0.25, 0.3) is 11.0 Å². The molecule has 2 aromatic rings. The number of rotatable bonds is 4. The number of amides is 1.